The third-order valence-corrected chi connectivity index (χ3v) is 6.51. The molecule has 3 rings (SSSR count). The number of nitrogens with zero attached hydrogens (tertiary/aromatic N) is 1. The van der Waals surface area contributed by atoms with Crippen LogP contribution in [0.3, 0.4) is 0 Å². The molecule has 0 heterocycles. The number of carbonyl (C=O) groups is 2. The van der Waals surface area contributed by atoms with E-state index < -0.39 is 0 Å². The van der Waals surface area contributed by atoms with Crippen LogP contribution >= 0.6 is 0 Å². The number of quaternary nitrogens is 1. The maximum absolute atomic E-state index is 12.3. The summed E-state index contributed by atoms with van der Waals surface area (Å²) in [5.74, 6) is 0.607. The van der Waals surface area contributed by atoms with E-state index in [1.165, 1.54) is 5.69 Å². The molecule has 0 aliphatic heterocycles. The molecule has 0 amide bonds. The zero-order valence-corrected chi connectivity index (χ0v) is 23.6. The van der Waals surface area contributed by atoms with Crippen LogP contribution in [0.4, 0.5) is 5.69 Å². The number of benzene rings is 3. The standard InChI is InChI=1S/C34H42NO4.CH4/c1-35(2,3)31-22-19-28(20-23-31)27-34(37)39-26-14-7-5-4-6-13-25-38-33-18-12-11-17-30(33)21-24-32(36)29-15-9-8-10-16-29;/h8-12,15-24H,4-7,13-14,25-27H2,1-3H3;1H4/q+1;. The van der Waals surface area contributed by atoms with E-state index in [0.29, 0.717) is 25.2 Å². The van der Waals surface area contributed by atoms with Gasteiger partial charge in [-0.25, -0.2) is 0 Å². The van der Waals surface area contributed by atoms with E-state index in [1.807, 2.05) is 72.8 Å². The molecule has 0 atom stereocenters. The molecule has 0 spiro atoms. The van der Waals surface area contributed by atoms with Crippen LogP contribution in [0, 0.1) is 0 Å². The summed E-state index contributed by atoms with van der Waals surface area (Å²) in [6, 6.07) is 25.2. The lowest BCUT2D eigenvalue weighted by Crippen LogP contribution is -2.34. The Labute approximate surface area is 241 Å². The van der Waals surface area contributed by atoms with Gasteiger partial charge in [-0.3, -0.25) is 14.1 Å². The normalized spacial score (nSPS) is 11.2. The predicted octanol–water partition coefficient (Wildman–Crippen LogP) is 7.92. The molecule has 3 aromatic rings. The number of para-hydroxylation sites is 1. The fraction of sp³-hybridized carbons (Fsp3) is 0.371. The Hall–Kier alpha value is -3.70. The van der Waals surface area contributed by atoms with E-state index in [0.717, 1.165) is 59.9 Å². The number of allylic oxidation sites excluding steroid dienone is 1. The Morgan fingerprint density at radius 3 is 2.00 bits per heavy atom. The second-order valence-corrected chi connectivity index (χ2v) is 10.6. The van der Waals surface area contributed by atoms with Crippen molar-refractivity contribution in [2.24, 2.45) is 0 Å². The van der Waals surface area contributed by atoms with Crippen LogP contribution in [-0.2, 0) is 16.0 Å². The molecule has 0 aromatic heterocycles. The Kier molecular flexibility index (Phi) is 13.9. The van der Waals surface area contributed by atoms with Crippen molar-refractivity contribution in [3.63, 3.8) is 0 Å². The van der Waals surface area contributed by atoms with Crippen molar-refractivity contribution in [3.8, 4) is 5.75 Å². The number of carbonyl (C=O) groups excluding carboxylic acids is 2. The van der Waals surface area contributed by atoms with Gasteiger partial charge in [0.2, 0.25) is 0 Å². The second-order valence-electron chi connectivity index (χ2n) is 10.6. The summed E-state index contributed by atoms with van der Waals surface area (Å²) in [5, 5.41) is 0. The van der Waals surface area contributed by atoms with Crippen molar-refractivity contribution >= 4 is 23.5 Å². The third-order valence-electron chi connectivity index (χ3n) is 6.51. The zero-order chi connectivity index (χ0) is 27.9. The summed E-state index contributed by atoms with van der Waals surface area (Å²) in [4.78, 5) is 24.5. The molecule has 0 radical (unpaired) electrons. The molecule has 0 bridgehead atoms. The molecule has 3 aromatic carbocycles. The Bertz CT molecular complexity index is 1190. The van der Waals surface area contributed by atoms with Crippen molar-refractivity contribution < 1.29 is 19.1 Å². The van der Waals surface area contributed by atoms with E-state index in [2.05, 4.69) is 33.3 Å². The minimum Gasteiger partial charge on any atom is -0.493 e. The minimum atomic E-state index is -0.162. The summed E-state index contributed by atoms with van der Waals surface area (Å²) < 4.78 is 12.2. The maximum Gasteiger partial charge on any atom is 0.310 e. The minimum absolute atomic E-state index is 0. The fourth-order valence-electron chi connectivity index (χ4n) is 4.17. The van der Waals surface area contributed by atoms with Crippen molar-refractivity contribution in [1.29, 1.82) is 0 Å². The molecular weight excluding hydrogens is 498 g/mol. The van der Waals surface area contributed by atoms with Gasteiger partial charge in [0.15, 0.2) is 5.78 Å². The zero-order valence-electron chi connectivity index (χ0n) is 23.6. The van der Waals surface area contributed by atoms with Crippen LogP contribution in [0.5, 0.6) is 5.75 Å². The van der Waals surface area contributed by atoms with Crippen LogP contribution in [-0.4, -0.2) is 46.1 Å². The van der Waals surface area contributed by atoms with Crippen molar-refractivity contribution in [2.75, 3.05) is 34.4 Å². The molecule has 0 saturated carbocycles. The van der Waals surface area contributed by atoms with E-state index in [-0.39, 0.29) is 19.2 Å². The number of hydrogen-bond donors (Lipinski definition) is 0. The smallest absolute Gasteiger partial charge is 0.310 e. The number of ether oxygens (including phenoxy) is 2. The van der Waals surface area contributed by atoms with Crippen LogP contribution in [0.2, 0.25) is 0 Å². The van der Waals surface area contributed by atoms with E-state index >= 15 is 0 Å². The van der Waals surface area contributed by atoms with Crippen molar-refractivity contribution in [3.05, 3.63) is 102 Å². The predicted molar refractivity (Wildman–Crippen MR) is 167 cm³/mol. The average molecular weight is 545 g/mol. The molecule has 214 valence electrons. The van der Waals surface area contributed by atoms with Gasteiger partial charge in [0, 0.05) is 11.1 Å². The number of hydrogen-bond acceptors (Lipinski definition) is 4. The average Bonchev–Trinajstić information content (AvgIpc) is 2.93. The second kappa shape index (κ2) is 17.1. The lowest BCUT2D eigenvalue weighted by Gasteiger charge is -2.23. The van der Waals surface area contributed by atoms with E-state index in [9.17, 15) is 9.59 Å². The van der Waals surface area contributed by atoms with Crippen LogP contribution in [0.25, 0.3) is 6.08 Å². The highest BCUT2D eigenvalue weighted by Gasteiger charge is 2.12. The van der Waals surface area contributed by atoms with Gasteiger partial charge in [-0.1, -0.05) is 93.8 Å². The largest absolute Gasteiger partial charge is 0.493 e. The molecule has 0 saturated heterocycles. The van der Waals surface area contributed by atoms with Crippen molar-refractivity contribution in [2.45, 2.75) is 52.4 Å². The number of esters is 1. The Morgan fingerprint density at radius 2 is 1.32 bits per heavy atom. The maximum atomic E-state index is 12.3. The van der Waals surface area contributed by atoms with Gasteiger partial charge in [0.05, 0.1) is 40.8 Å². The lowest BCUT2D eigenvalue weighted by molar-refractivity contribution is -0.142. The van der Waals surface area contributed by atoms with Gasteiger partial charge in [-0.2, -0.15) is 0 Å². The van der Waals surface area contributed by atoms with Crippen molar-refractivity contribution in [1.82, 2.24) is 4.48 Å². The SMILES string of the molecule is C.C[N+](C)(C)c1ccc(CC(=O)OCCCCCCCCOc2ccccc2C=CC(=O)c2ccccc2)cc1. The molecule has 0 aliphatic rings. The van der Waals surface area contributed by atoms with Crippen LogP contribution in [0.15, 0.2) is 84.9 Å². The Balaban J connectivity index is 0.00000560. The first-order chi connectivity index (χ1) is 18.8. The highest BCUT2D eigenvalue weighted by atomic mass is 16.5. The van der Waals surface area contributed by atoms with Gasteiger partial charge in [0.1, 0.15) is 11.4 Å². The topological polar surface area (TPSA) is 52.6 Å². The van der Waals surface area contributed by atoms with E-state index in [4.69, 9.17) is 9.47 Å². The summed E-state index contributed by atoms with van der Waals surface area (Å²) in [7, 11) is 6.36. The van der Waals surface area contributed by atoms with Gasteiger partial charge < -0.3 is 9.47 Å². The Morgan fingerprint density at radius 1 is 0.725 bits per heavy atom. The molecule has 0 aliphatic carbocycles. The lowest BCUT2D eigenvalue weighted by atomic mass is 10.1. The van der Waals surface area contributed by atoms with Gasteiger partial charge in [-0.15, -0.1) is 0 Å². The van der Waals surface area contributed by atoms with Gasteiger partial charge in [-0.05, 0) is 48.8 Å². The number of rotatable bonds is 16. The third kappa shape index (κ3) is 11.6. The first-order valence-corrected chi connectivity index (χ1v) is 13.9. The quantitative estimate of drug-likeness (QED) is 0.0604. The molecule has 5 heteroatoms. The van der Waals surface area contributed by atoms with Gasteiger partial charge in [0.25, 0.3) is 0 Å². The highest BCUT2D eigenvalue weighted by Crippen LogP contribution is 2.21. The summed E-state index contributed by atoms with van der Waals surface area (Å²) in [6.45, 7) is 1.13. The molecular formula is C35H46NO4+. The summed E-state index contributed by atoms with van der Waals surface area (Å²) in [6.07, 6.45) is 9.99. The molecule has 0 fully saturated rings. The first kappa shape index (κ1) is 32.5. The van der Waals surface area contributed by atoms with Gasteiger partial charge >= 0.3 is 5.97 Å². The molecule has 40 heavy (non-hydrogen) atoms. The molecule has 0 unspecified atom stereocenters. The van der Waals surface area contributed by atoms with Crippen LogP contribution in [0.1, 0.15) is 67.4 Å². The summed E-state index contributed by atoms with van der Waals surface area (Å²) in [5.41, 5.74) is 3.76. The molecule has 0 N–H and O–H groups in total. The highest BCUT2D eigenvalue weighted by molar-refractivity contribution is 6.06. The number of ketones is 1. The first-order valence-electron chi connectivity index (χ1n) is 13.9. The number of unbranched alkanes of at least 4 members (excludes halogenated alkanes) is 5. The van der Waals surface area contributed by atoms with E-state index in [1.54, 1.807) is 6.08 Å². The fourth-order valence-corrected chi connectivity index (χ4v) is 4.17. The summed E-state index contributed by atoms with van der Waals surface area (Å²) >= 11 is 0. The van der Waals surface area contributed by atoms with Crippen LogP contribution < -0.4 is 9.22 Å². The molecule has 5 nitrogen and oxygen atoms in total. The monoisotopic (exact) mass is 544 g/mol.